The lowest BCUT2D eigenvalue weighted by molar-refractivity contribution is -0.158. The molecule has 1 unspecified atom stereocenters. The predicted octanol–water partition coefficient (Wildman–Crippen LogP) is 0.000700. The summed E-state index contributed by atoms with van der Waals surface area (Å²) in [6.45, 7) is 3.44. The highest BCUT2D eigenvalue weighted by atomic mass is 79.9. The first-order valence-corrected chi connectivity index (χ1v) is 6.91. The number of carbonyl (C=O) groups excluding carboxylic acids is 2. The summed E-state index contributed by atoms with van der Waals surface area (Å²) in [6, 6.07) is -0.746. The molecule has 7 heteroatoms. The van der Waals surface area contributed by atoms with Crippen LogP contribution in [0.1, 0.15) is 13.8 Å². The van der Waals surface area contributed by atoms with Gasteiger partial charge in [0.1, 0.15) is 16.2 Å². The Balaban J connectivity index is 2.41. The lowest BCUT2D eigenvalue weighted by Crippen LogP contribution is -2.64. The van der Waals surface area contributed by atoms with Crippen LogP contribution in [0.2, 0.25) is 0 Å². The van der Waals surface area contributed by atoms with E-state index in [1.54, 1.807) is 13.8 Å². The number of esters is 1. The Morgan fingerprint density at radius 3 is 2.62 bits per heavy atom. The van der Waals surface area contributed by atoms with Crippen molar-refractivity contribution >= 4 is 38.6 Å². The third-order valence-electron chi connectivity index (χ3n) is 3.11. The first-order valence-electron chi connectivity index (χ1n) is 4.78. The van der Waals surface area contributed by atoms with E-state index in [4.69, 9.17) is 0 Å². The minimum absolute atomic E-state index is 0.195. The molecule has 2 aliphatic heterocycles. The second-order valence-electron chi connectivity index (χ2n) is 4.36. The van der Waals surface area contributed by atoms with E-state index in [-0.39, 0.29) is 5.91 Å². The molecule has 0 N–H and O–H groups in total. The summed E-state index contributed by atoms with van der Waals surface area (Å²) in [4.78, 5) is 24.2. The summed E-state index contributed by atoms with van der Waals surface area (Å²) in [5.41, 5.74) is 0. The lowest BCUT2D eigenvalue weighted by Gasteiger charge is -2.40. The molecule has 0 radical (unpaired) electrons. The number of alkyl halides is 1. The van der Waals surface area contributed by atoms with Gasteiger partial charge in [0.15, 0.2) is 0 Å². The number of hydrogen-bond donors (Lipinski definition) is 0. The molecule has 0 aromatic rings. The van der Waals surface area contributed by atoms with Gasteiger partial charge in [0.2, 0.25) is 5.91 Å². The van der Waals surface area contributed by atoms with Gasteiger partial charge in [-0.3, -0.25) is 9.00 Å². The highest BCUT2D eigenvalue weighted by Crippen LogP contribution is 2.46. The molecule has 2 rings (SSSR count). The number of nitrogens with zero attached hydrogens (tertiary/aromatic N) is 1. The maximum absolute atomic E-state index is 12.2. The van der Waals surface area contributed by atoms with E-state index in [0.717, 1.165) is 0 Å². The van der Waals surface area contributed by atoms with Crippen LogP contribution in [0.15, 0.2) is 0 Å². The average molecular weight is 310 g/mol. The number of halogens is 1. The molecule has 0 aliphatic carbocycles. The van der Waals surface area contributed by atoms with E-state index >= 15 is 0 Å². The van der Waals surface area contributed by atoms with Crippen LogP contribution >= 0.6 is 15.9 Å². The third-order valence-corrected chi connectivity index (χ3v) is 6.55. The molecule has 0 aromatic carbocycles. The van der Waals surface area contributed by atoms with E-state index in [0.29, 0.717) is 0 Å². The van der Waals surface area contributed by atoms with Crippen molar-refractivity contribution in [1.82, 2.24) is 4.90 Å². The normalized spacial score (nSPS) is 40.2. The molecule has 0 aromatic heterocycles. The molecule has 2 aliphatic rings. The molecule has 16 heavy (non-hydrogen) atoms. The van der Waals surface area contributed by atoms with Gasteiger partial charge < -0.3 is 9.64 Å². The molecular weight excluding hydrogens is 298 g/mol. The first kappa shape index (κ1) is 12.0. The minimum Gasteiger partial charge on any atom is -0.467 e. The van der Waals surface area contributed by atoms with Crippen molar-refractivity contribution in [3.63, 3.8) is 0 Å². The SMILES string of the molecule is COC(=O)[C@@H]1N2C(=O)[C@H](Br)[C@H]2S(=O)C1(C)C. The largest absolute Gasteiger partial charge is 0.467 e. The van der Waals surface area contributed by atoms with Crippen LogP contribution in [-0.4, -0.2) is 49.1 Å². The van der Waals surface area contributed by atoms with Crippen LogP contribution in [0, 0.1) is 0 Å². The van der Waals surface area contributed by atoms with Crippen LogP contribution in [0.25, 0.3) is 0 Å². The van der Waals surface area contributed by atoms with Gasteiger partial charge in [-0.05, 0) is 13.8 Å². The average Bonchev–Trinajstić information content (AvgIpc) is 2.44. The van der Waals surface area contributed by atoms with Gasteiger partial charge in [0.05, 0.1) is 22.7 Å². The number of hydrogen-bond acceptors (Lipinski definition) is 4. The summed E-state index contributed by atoms with van der Waals surface area (Å²) < 4.78 is 16.1. The Morgan fingerprint density at radius 1 is 1.56 bits per heavy atom. The Bertz CT molecular complexity index is 397. The van der Waals surface area contributed by atoms with Crippen molar-refractivity contribution in [3.05, 3.63) is 0 Å². The maximum Gasteiger partial charge on any atom is 0.330 e. The molecule has 4 atom stereocenters. The first-order chi connectivity index (χ1) is 7.34. The molecule has 0 bridgehead atoms. The summed E-state index contributed by atoms with van der Waals surface area (Å²) in [5, 5.41) is -0.411. The molecule has 1 amide bonds. The summed E-state index contributed by atoms with van der Waals surface area (Å²) in [7, 11) is 0.00152. The second-order valence-corrected chi connectivity index (χ2v) is 7.48. The van der Waals surface area contributed by atoms with E-state index in [2.05, 4.69) is 20.7 Å². The number of β-lactam (4-membered cyclic amide) rings is 1. The smallest absolute Gasteiger partial charge is 0.330 e. The fraction of sp³-hybridized carbons (Fsp3) is 0.778. The summed E-state index contributed by atoms with van der Waals surface area (Å²) in [5.74, 6) is -0.701. The fourth-order valence-corrected chi connectivity index (χ4v) is 5.10. The zero-order valence-corrected chi connectivity index (χ0v) is 11.5. The van der Waals surface area contributed by atoms with Gasteiger partial charge in [-0.1, -0.05) is 15.9 Å². The van der Waals surface area contributed by atoms with Gasteiger partial charge in [0.25, 0.3) is 0 Å². The molecule has 2 saturated heterocycles. The number of ether oxygens (including phenoxy) is 1. The van der Waals surface area contributed by atoms with Crippen molar-refractivity contribution in [1.29, 1.82) is 0 Å². The van der Waals surface area contributed by atoms with Crippen molar-refractivity contribution in [2.24, 2.45) is 0 Å². The standard InChI is InChI=1S/C9H12BrNO4S/c1-9(2)5(8(13)15-3)11-6(12)4(10)7(11)16(9)14/h4-5,7H,1-3H3/t4-,5-,7+,16?/m0/s1. The number of amides is 1. The van der Waals surface area contributed by atoms with Crippen LogP contribution in [0.4, 0.5) is 0 Å². The van der Waals surface area contributed by atoms with Crippen LogP contribution in [0.5, 0.6) is 0 Å². The lowest BCUT2D eigenvalue weighted by atomic mass is 9.98. The number of fused-ring (bicyclic) bond motifs is 1. The predicted molar refractivity (Wildman–Crippen MR) is 61.4 cm³/mol. The van der Waals surface area contributed by atoms with Gasteiger partial charge in [-0.25, -0.2) is 4.79 Å². The summed E-state index contributed by atoms with van der Waals surface area (Å²) in [6.07, 6.45) is 0. The number of carbonyl (C=O) groups is 2. The van der Waals surface area contributed by atoms with Gasteiger partial charge in [-0.2, -0.15) is 0 Å². The van der Waals surface area contributed by atoms with Gasteiger partial charge in [0, 0.05) is 0 Å². The number of rotatable bonds is 1. The fourth-order valence-electron chi connectivity index (χ4n) is 2.20. The number of methoxy groups -OCH3 is 1. The Morgan fingerprint density at radius 2 is 2.12 bits per heavy atom. The topological polar surface area (TPSA) is 63.7 Å². The second kappa shape index (κ2) is 3.53. The Kier molecular flexibility index (Phi) is 2.66. The zero-order valence-electron chi connectivity index (χ0n) is 9.10. The highest BCUT2D eigenvalue weighted by molar-refractivity contribution is 9.10. The van der Waals surface area contributed by atoms with Crippen LogP contribution < -0.4 is 0 Å². The van der Waals surface area contributed by atoms with Crippen molar-refractivity contribution in [2.75, 3.05) is 7.11 Å². The van der Waals surface area contributed by atoms with Crippen LogP contribution in [0.3, 0.4) is 0 Å². The highest BCUT2D eigenvalue weighted by Gasteiger charge is 2.67. The molecule has 90 valence electrons. The zero-order chi connectivity index (χ0) is 12.2. The molecule has 2 fully saturated rings. The monoisotopic (exact) mass is 309 g/mol. The van der Waals surface area contributed by atoms with E-state index in [1.807, 2.05) is 0 Å². The quantitative estimate of drug-likeness (QED) is 0.388. The van der Waals surface area contributed by atoms with E-state index in [1.165, 1.54) is 12.0 Å². The minimum atomic E-state index is -1.27. The molecule has 0 saturated carbocycles. The maximum atomic E-state index is 12.2. The van der Waals surface area contributed by atoms with E-state index < -0.39 is 37.8 Å². The molecule has 0 spiro atoms. The Hall–Kier alpha value is -0.430. The molecule has 5 nitrogen and oxygen atoms in total. The van der Waals surface area contributed by atoms with Gasteiger partial charge >= 0.3 is 5.97 Å². The van der Waals surface area contributed by atoms with Gasteiger partial charge in [-0.15, -0.1) is 0 Å². The van der Waals surface area contributed by atoms with Crippen molar-refractivity contribution in [2.45, 2.75) is 34.8 Å². The third kappa shape index (κ3) is 1.24. The van der Waals surface area contributed by atoms with Crippen molar-refractivity contribution < 1.29 is 18.5 Å². The molecule has 2 heterocycles. The van der Waals surface area contributed by atoms with E-state index in [9.17, 15) is 13.8 Å². The Labute approximate surface area is 104 Å². The summed E-state index contributed by atoms with van der Waals surface area (Å²) >= 11 is 3.19. The van der Waals surface area contributed by atoms with Crippen LogP contribution in [-0.2, 0) is 25.1 Å². The molecular formula is C9H12BrNO4S. The van der Waals surface area contributed by atoms with Crippen molar-refractivity contribution in [3.8, 4) is 0 Å².